The Hall–Kier alpha value is -2.51. The summed E-state index contributed by atoms with van der Waals surface area (Å²) in [5.74, 6) is 2.00. The summed E-state index contributed by atoms with van der Waals surface area (Å²) >= 11 is 0. The molecule has 7 heteroatoms. The van der Waals surface area contributed by atoms with Crippen molar-refractivity contribution < 1.29 is 8.42 Å². The number of nitrogens with zero attached hydrogens (tertiary/aromatic N) is 4. The molecule has 0 atom stereocenters. The van der Waals surface area contributed by atoms with Gasteiger partial charge in [-0.15, -0.1) is 0 Å². The molecule has 2 aromatic carbocycles. The third kappa shape index (κ3) is 3.79. The highest BCUT2D eigenvalue weighted by Crippen LogP contribution is 2.30. The third-order valence-corrected chi connectivity index (χ3v) is 7.60. The molecule has 1 aromatic heterocycles. The minimum Gasteiger partial charge on any atom is -0.354 e. The molecule has 0 bridgehead atoms. The molecule has 1 aliphatic heterocycles. The predicted octanol–water partition coefficient (Wildman–Crippen LogP) is 3.88. The van der Waals surface area contributed by atoms with Crippen LogP contribution in [0.2, 0.25) is 0 Å². The van der Waals surface area contributed by atoms with Crippen LogP contribution in [0.5, 0.6) is 0 Å². The summed E-state index contributed by atoms with van der Waals surface area (Å²) in [6.45, 7) is 10.3. The number of anilines is 1. The van der Waals surface area contributed by atoms with Crippen molar-refractivity contribution in [2.45, 2.75) is 38.5 Å². The van der Waals surface area contributed by atoms with Crippen LogP contribution >= 0.6 is 0 Å². The minimum absolute atomic E-state index is 0.306. The van der Waals surface area contributed by atoms with Gasteiger partial charge in [0.25, 0.3) is 0 Å². The first kappa shape index (κ1) is 20.8. The Morgan fingerprint density at radius 3 is 2.23 bits per heavy atom. The highest BCUT2D eigenvalue weighted by atomic mass is 32.2. The van der Waals surface area contributed by atoms with Crippen molar-refractivity contribution in [1.29, 1.82) is 0 Å². The van der Waals surface area contributed by atoms with Crippen molar-refractivity contribution in [3.05, 3.63) is 59.5 Å². The Labute approximate surface area is 178 Å². The molecule has 30 heavy (non-hydrogen) atoms. The van der Waals surface area contributed by atoms with Crippen molar-refractivity contribution >= 4 is 26.6 Å². The van der Waals surface area contributed by atoms with Crippen molar-refractivity contribution in [1.82, 2.24) is 14.3 Å². The summed E-state index contributed by atoms with van der Waals surface area (Å²) in [5, 5.41) is 1.97. The molecule has 1 saturated heterocycles. The summed E-state index contributed by atoms with van der Waals surface area (Å²) in [6.07, 6.45) is 0. The van der Waals surface area contributed by atoms with Gasteiger partial charge in [-0.1, -0.05) is 44.2 Å². The maximum Gasteiger partial charge on any atom is 0.243 e. The molecule has 3 aromatic rings. The van der Waals surface area contributed by atoms with Gasteiger partial charge >= 0.3 is 0 Å². The lowest BCUT2D eigenvalue weighted by Crippen LogP contribution is -2.49. The maximum atomic E-state index is 13.2. The highest BCUT2D eigenvalue weighted by molar-refractivity contribution is 7.89. The Bertz CT molecular complexity index is 1180. The molecule has 0 N–H and O–H groups in total. The average molecular weight is 425 g/mol. The second-order valence-electron chi connectivity index (χ2n) is 8.15. The Kier molecular flexibility index (Phi) is 5.51. The Morgan fingerprint density at radius 2 is 1.57 bits per heavy atom. The van der Waals surface area contributed by atoms with E-state index in [0.29, 0.717) is 37.0 Å². The van der Waals surface area contributed by atoms with E-state index in [1.807, 2.05) is 44.2 Å². The molecule has 1 fully saturated rings. The number of benzene rings is 2. The smallest absolute Gasteiger partial charge is 0.243 e. The van der Waals surface area contributed by atoms with Crippen LogP contribution in [-0.4, -0.2) is 48.9 Å². The van der Waals surface area contributed by atoms with Crippen LogP contribution in [0.3, 0.4) is 0 Å². The molecular formula is C23H28N4O2S. The lowest BCUT2D eigenvalue weighted by Gasteiger charge is -2.36. The van der Waals surface area contributed by atoms with Crippen molar-refractivity contribution in [3.63, 3.8) is 0 Å². The Balaban J connectivity index is 1.57. The zero-order valence-electron chi connectivity index (χ0n) is 18.0. The molecule has 2 heterocycles. The van der Waals surface area contributed by atoms with Gasteiger partial charge in [0.1, 0.15) is 11.6 Å². The van der Waals surface area contributed by atoms with Crippen molar-refractivity contribution in [2.75, 3.05) is 31.1 Å². The number of sulfonamides is 1. The van der Waals surface area contributed by atoms with E-state index in [-0.39, 0.29) is 0 Å². The highest BCUT2D eigenvalue weighted by Gasteiger charge is 2.30. The lowest BCUT2D eigenvalue weighted by atomic mass is 10.0. The SMILES string of the molecule is Cc1nc(C)c(C(C)C)c(N2CCN(S(=O)(=O)c3ccc4ccccc4c3)CC2)n1. The van der Waals surface area contributed by atoms with Gasteiger partial charge in [-0.25, -0.2) is 18.4 Å². The van der Waals surface area contributed by atoms with Crippen LogP contribution in [0.15, 0.2) is 47.4 Å². The van der Waals surface area contributed by atoms with E-state index in [0.717, 1.165) is 33.7 Å². The second-order valence-corrected chi connectivity index (χ2v) is 10.1. The zero-order chi connectivity index (χ0) is 21.5. The van der Waals surface area contributed by atoms with E-state index in [2.05, 4.69) is 23.7 Å². The first-order valence-electron chi connectivity index (χ1n) is 10.4. The molecule has 1 aliphatic rings. The first-order valence-corrected chi connectivity index (χ1v) is 11.8. The van der Waals surface area contributed by atoms with Gasteiger partial charge < -0.3 is 4.90 Å². The van der Waals surface area contributed by atoms with Gasteiger partial charge in [0.2, 0.25) is 10.0 Å². The number of hydrogen-bond donors (Lipinski definition) is 0. The molecule has 6 nitrogen and oxygen atoms in total. The van der Waals surface area contributed by atoms with Gasteiger partial charge in [-0.2, -0.15) is 4.31 Å². The summed E-state index contributed by atoms with van der Waals surface area (Å²) in [7, 11) is -3.53. The molecular weight excluding hydrogens is 396 g/mol. The molecule has 158 valence electrons. The van der Waals surface area contributed by atoms with E-state index >= 15 is 0 Å². The van der Waals surface area contributed by atoms with Crippen LogP contribution in [0.25, 0.3) is 10.8 Å². The standard InChI is InChI=1S/C23H28N4O2S/c1-16(2)22-17(3)24-18(4)25-23(22)26-11-13-27(14-12-26)30(28,29)21-10-9-19-7-5-6-8-20(19)15-21/h5-10,15-16H,11-14H2,1-4H3. The summed E-state index contributed by atoms with van der Waals surface area (Å²) < 4.78 is 28.1. The molecule has 0 spiro atoms. The van der Waals surface area contributed by atoms with Gasteiger partial charge in [-0.3, -0.25) is 0 Å². The number of aromatic nitrogens is 2. The maximum absolute atomic E-state index is 13.2. The van der Waals surface area contributed by atoms with Gasteiger partial charge in [0, 0.05) is 37.4 Å². The normalized spacial score (nSPS) is 15.8. The summed E-state index contributed by atoms with van der Waals surface area (Å²) in [6, 6.07) is 13.2. The molecule has 0 saturated carbocycles. The van der Waals surface area contributed by atoms with Gasteiger partial charge in [-0.05, 0) is 42.7 Å². The van der Waals surface area contributed by atoms with Crippen molar-refractivity contribution in [3.8, 4) is 0 Å². The van der Waals surface area contributed by atoms with E-state index < -0.39 is 10.0 Å². The van der Waals surface area contributed by atoms with E-state index in [9.17, 15) is 8.42 Å². The average Bonchev–Trinajstić information content (AvgIpc) is 2.72. The van der Waals surface area contributed by atoms with E-state index in [1.165, 1.54) is 0 Å². The molecule has 0 aliphatic carbocycles. The topological polar surface area (TPSA) is 66.4 Å². The largest absolute Gasteiger partial charge is 0.354 e. The van der Waals surface area contributed by atoms with Gasteiger partial charge in [0.05, 0.1) is 4.90 Å². The second kappa shape index (κ2) is 7.96. The number of rotatable bonds is 4. The summed E-state index contributed by atoms with van der Waals surface area (Å²) in [4.78, 5) is 11.8. The quantitative estimate of drug-likeness (QED) is 0.636. The van der Waals surface area contributed by atoms with Crippen LogP contribution < -0.4 is 4.90 Å². The van der Waals surface area contributed by atoms with Crippen LogP contribution in [-0.2, 0) is 10.0 Å². The summed E-state index contributed by atoms with van der Waals surface area (Å²) in [5.41, 5.74) is 2.14. The fourth-order valence-corrected chi connectivity index (χ4v) is 5.70. The van der Waals surface area contributed by atoms with Crippen LogP contribution in [0.1, 0.15) is 36.8 Å². The monoisotopic (exact) mass is 424 g/mol. The van der Waals surface area contributed by atoms with Crippen LogP contribution in [0, 0.1) is 13.8 Å². The molecule has 0 amide bonds. The fraction of sp³-hybridized carbons (Fsp3) is 0.391. The predicted molar refractivity (Wildman–Crippen MR) is 121 cm³/mol. The first-order chi connectivity index (χ1) is 14.3. The molecule has 0 radical (unpaired) electrons. The van der Waals surface area contributed by atoms with E-state index in [4.69, 9.17) is 4.98 Å². The zero-order valence-corrected chi connectivity index (χ0v) is 18.8. The number of piperazine rings is 1. The number of aryl methyl sites for hydroxylation is 2. The number of fused-ring (bicyclic) bond motifs is 1. The van der Waals surface area contributed by atoms with E-state index in [1.54, 1.807) is 16.4 Å². The lowest BCUT2D eigenvalue weighted by molar-refractivity contribution is 0.383. The third-order valence-electron chi connectivity index (χ3n) is 5.70. The minimum atomic E-state index is -3.53. The van der Waals surface area contributed by atoms with Crippen molar-refractivity contribution in [2.24, 2.45) is 0 Å². The van der Waals surface area contributed by atoms with Crippen LogP contribution in [0.4, 0.5) is 5.82 Å². The molecule has 4 rings (SSSR count). The molecule has 0 unspecified atom stereocenters. The number of hydrogen-bond acceptors (Lipinski definition) is 5. The fourth-order valence-electron chi connectivity index (χ4n) is 4.24. The Morgan fingerprint density at radius 1 is 0.900 bits per heavy atom. The van der Waals surface area contributed by atoms with Gasteiger partial charge in [0.15, 0.2) is 0 Å².